The Kier molecular flexibility index (Phi) is 3.55. The van der Waals surface area contributed by atoms with Crippen LogP contribution in [0.5, 0.6) is 5.75 Å². The number of aryl methyl sites for hydroxylation is 2. The number of aromatic nitrogens is 1. The van der Waals surface area contributed by atoms with Gasteiger partial charge in [-0.3, -0.25) is 4.79 Å². The molecule has 2 N–H and O–H groups in total. The molecule has 0 atom stereocenters. The molecule has 5 nitrogen and oxygen atoms in total. The number of hydrogen-bond donors (Lipinski definition) is 2. The highest BCUT2D eigenvalue weighted by Gasteiger charge is 2.13. The third-order valence-corrected chi connectivity index (χ3v) is 3.64. The van der Waals surface area contributed by atoms with Crippen LogP contribution >= 0.6 is 0 Å². The number of amides is 1. The van der Waals surface area contributed by atoms with Crippen molar-refractivity contribution in [2.24, 2.45) is 0 Å². The maximum atomic E-state index is 12.1. The van der Waals surface area contributed by atoms with E-state index in [1.807, 2.05) is 26.0 Å². The predicted molar refractivity (Wildman–Crippen MR) is 83.9 cm³/mol. The van der Waals surface area contributed by atoms with Gasteiger partial charge in [-0.05, 0) is 61.4 Å². The van der Waals surface area contributed by atoms with Gasteiger partial charge < -0.3 is 14.9 Å². The molecule has 2 aromatic carbocycles. The summed E-state index contributed by atoms with van der Waals surface area (Å²) in [5.74, 6) is -0.0227. The van der Waals surface area contributed by atoms with Gasteiger partial charge in [-0.1, -0.05) is 5.16 Å². The Labute approximate surface area is 127 Å². The summed E-state index contributed by atoms with van der Waals surface area (Å²) in [6.45, 7) is 4.02. The topological polar surface area (TPSA) is 75.4 Å². The summed E-state index contributed by atoms with van der Waals surface area (Å²) in [6, 6.07) is 10.2. The number of rotatable bonds is 3. The molecule has 112 valence electrons. The highest BCUT2D eigenvalue weighted by Crippen LogP contribution is 2.23. The van der Waals surface area contributed by atoms with Crippen LogP contribution in [-0.4, -0.2) is 16.2 Å². The van der Waals surface area contributed by atoms with Gasteiger partial charge in [0.05, 0.1) is 6.42 Å². The van der Waals surface area contributed by atoms with E-state index in [0.29, 0.717) is 17.0 Å². The van der Waals surface area contributed by atoms with Crippen molar-refractivity contribution < 1.29 is 14.4 Å². The van der Waals surface area contributed by atoms with E-state index >= 15 is 0 Å². The number of aromatic hydroxyl groups is 1. The van der Waals surface area contributed by atoms with Gasteiger partial charge in [0.15, 0.2) is 5.58 Å². The first-order valence-electron chi connectivity index (χ1n) is 6.97. The second kappa shape index (κ2) is 5.52. The van der Waals surface area contributed by atoms with Crippen molar-refractivity contribution in [2.75, 3.05) is 5.32 Å². The molecule has 3 rings (SSSR count). The van der Waals surface area contributed by atoms with E-state index in [4.69, 9.17) is 4.52 Å². The Morgan fingerprint density at radius 1 is 1.18 bits per heavy atom. The lowest BCUT2D eigenvalue weighted by molar-refractivity contribution is -0.115. The first-order valence-corrected chi connectivity index (χ1v) is 6.97. The zero-order valence-electron chi connectivity index (χ0n) is 12.4. The van der Waals surface area contributed by atoms with Crippen molar-refractivity contribution in [1.82, 2.24) is 5.16 Å². The van der Waals surface area contributed by atoms with Crippen molar-refractivity contribution in [1.29, 1.82) is 0 Å². The number of anilines is 1. The Hall–Kier alpha value is -2.82. The zero-order chi connectivity index (χ0) is 15.7. The van der Waals surface area contributed by atoms with Crippen LogP contribution in [0.4, 0.5) is 5.69 Å². The Balaban J connectivity index is 1.79. The minimum absolute atomic E-state index is 0.135. The fourth-order valence-electron chi connectivity index (χ4n) is 2.27. The van der Waals surface area contributed by atoms with Gasteiger partial charge in [-0.2, -0.15) is 0 Å². The molecule has 1 aromatic heterocycles. The lowest BCUT2D eigenvalue weighted by atomic mass is 10.1. The van der Waals surface area contributed by atoms with Crippen LogP contribution in [0.25, 0.3) is 11.0 Å². The van der Waals surface area contributed by atoms with Gasteiger partial charge in [0.1, 0.15) is 11.4 Å². The van der Waals surface area contributed by atoms with Crippen molar-refractivity contribution >= 4 is 22.6 Å². The standard InChI is InChI=1S/C17H16N2O3/c1-10-7-14-15(19-22-16(14)8-11(10)2)9-17(21)18-12-3-5-13(20)6-4-12/h3-8,20H,9H2,1-2H3,(H,18,21). The molecule has 0 aliphatic heterocycles. The summed E-state index contributed by atoms with van der Waals surface area (Å²) < 4.78 is 5.29. The smallest absolute Gasteiger partial charge is 0.230 e. The van der Waals surface area contributed by atoms with Crippen LogP contribution in [0.1, 0.15) is 16.8 Å². The van der Waals surface area contributed by atoms with E-state index in [0.717, 1.165) is 16.5 Å². The van der Waals surface area contributed by atoms with Crippen molar-refractivity contribution in [3.63, 3.8) is 0 Å². The first-order chi connectivity index (χ1) is 10.5. The van der Waals surface area contributed by atoms with Crippen LogP contribution in [0.3, 0.4) is 0 Å². The van der Waals surface area contributed by atoms with E-state index in [2.05, 4.69) is 10.5 Å². The minimum atomic E-state index is -0.181. The number of phenols is 1. The summed E-state index contributed by atoms with van der Waals surface area (Å²) in [4.78, 5) is 12.1. The summed E-state index contributed by atoms with van der Waals surface area (Å²) in [7, 11) is 0. The van der Waals surface area contributed by atoms with Crippen LogP contribution in [-0.2, 0) is 11.2 Å². The summed E-state index contributed by atoms with van der Waals surface area (Å²) in [5.41, 5.74) is 4.20. The van der Waals surface area contributed by atoms with Crippen molar-refractivity contribution in [3.05, 3.63) is 53.2 Å². The number of carbonyl (C=O) groups excluding carboxylic acids is 1. The monoisotopic (exact) mass is 296 g/mol. The molecule has 0 radical (unpaired) electrons. The second-order valence-corrected chi connectivity index (χ2v) is 5.33. The van der Waals surface area contributed by atoms with E-state index < -0.39 is 0 Å². The van der Waals surface area contributed by atoms with Gasteiger partial charge in [-0.25, -0.2) is 0 Å². The molecule has 0 saturated heterocycles. The molecule has 0 spiro atoms. The zero-order valence-corrected chi connectivity index (χ0v) is 12.4. The highest BCUT2D eigenvalue weighted by atomic mass is 16.5. The van der Waals surface area contributed by atoms with Gasteiger partial charge in [0.25, 0.3) is 0 Å². The van der Waals surface area contributed by atoms with E-state index in [1.165, 1.54) is 12.1 Å². The second-order valence-electron chi connectivity index (χ2n) is 5.33. The molecule has 0 unspecified atom stereocenters. The number of hydrogen-bond acceptors (Lipinski definition) is 4. The van der Waals surface area contributed by atoms with Crippen molar-refractivity contribution in [3.8, 4) is 5.75 Å². The van der Waals surface area contributed by atoms with Crippen LogP contribution in [0.15, 0.2) is 40.9 Å². The normalized spacial score (nSPS) is 10.8. The maximum absolute atomic E-state index is 12.1. The fourth-order valence-corrected chi connectivity index (χ4v) is 2.27. The Morgan fingerprint density at radius 3 is 2.59 bits per heavy atom. The minimum Gasteiger partial charge on any atom is -0.508 e. The maximum Gasteiger partial charge on any atom is 0.230 e. The third kappa shape index (κ3) is 2.79. The molecule has 0 saturated carbocycles. The van der Waals surface area contributed by atoms with Crippen molar-refractivity contribution in [2.45, 2.75) is 20.3 Å². The number of phenolic OH excluding ortho intramolecular Hbond substituents is 1. The van der Waals surface area contributed by atoms with E-state index in [1.54, 1.807) is 12.1 Å². The molecule has 5 heteroatoms. The van der Waals surface area contributed by atoms with Gasteiger partial charge >= 0.3 is 0 Å². The van der Waals surface area contributed by atoms with E-state index in [-0.39, 0.29) is 18.1 Å². The quantitative estimate of drug-likeness (QED) is 0.727. The number of carbonyl (C=O) groups is 1. The molecular formula is C17H16N2O3. The lowest BCUT2D eigenvalue weighted by Gasteiger charge is -2.04. The molecule has 0 bridgehead atoms. The fraction of sp³-hybridized carbons (Fsp3) is 0.176. The van der Waals surface area contributed by atoms with E-state index in [9.17, 15) is 9.90 Å². The highest BCUT2D eigenvalue weighted by molar-refractivity contribution is 5.94. The third-order valence-electron chi connectivity index (χ3n) is 3.64. The number of nitrogens with one attached hydrogen (secondary N) is 1. The molecular weight excluding hydrogens is 280 g/mol. The molecule has 1 heterocycles. The Bertz CT molecular complexity index is 835. The number of benzene rings is 2. The average molecular weight is 296 g/mol. The van der Waals surface area contributed by atoms with Crippen LogP contribution < -0.4 is 5.32 Å². The summed E-state index contributed by atoms with van der Waals surface area (Å²) >= 11 is 0. The number of nitrogens with zero attached hydrogens (tertiary/aromatic N) is 1. The molecule has 3 aromatic rings. The Morgan fingerprint density at radius 2 is 1.86 bits per heavy atom. The SMILES string of the molecule is Cc1cc2onc(CC(=O)Nc3ccc(O)cc3)c2cc1C. The van der Waals surface area contributed by atoms with Gasteiger partial charge in [0.2, 0.25) is 5.91 Å². The molecule has 0 fully saturated rings. The molecule has 0 aliphatic rings. The molecule has 0 aliphatic carbocycles. The predicted octanol–water partition coefficient (Wildman–Crippen LogP) is 3.33. The lowest BCUT2D eigenvalue weighted by Crippen LogP contribution is -2.14. The van der Waals surface area contributed by atoms with Crippen LogP contribution in [0, 0.1) is 13.8 Å². The van der Waals surface area contributed by atoms with Gasteiger partial charge in [-0.15, -0.1) is 0 Å². The largest absolute Gasteiger partial charge is 0.508 e. The summed E-state index contributed by atoms with van der Waals surface area (Å²) in [6.07, 6.45) is 0.135. The summed E-state index contributed by atoms with van der Waals surface area (Å²) in [5, 5.41) is 16.9. The van der Waals surface area contributed by atoms with Gasteiger partial charge in [0, 0.05) is 11.1 Å². The molecule has 1 amide bonds. The van der Waals surface area contributed by atoms with Crippen LogP contribution in [0.2, 0.25) is 0 Å². The molecule has 22 heavy (non-hydrogen) atoms. The average Bonchev–Trinajstić information content (AvgIpc) is 2.84. The first kappa shape index (κ1) is 14.1. The number of fused-ring (bicyclic) bond motifs is 1.